The molecular formula is C9H10ClNO4S. The Labute approximate surface area is 98.1 Å². The van der Waals surface area contributed by atoms with Crippen molar-refractivity contribution in [3.63, 3.8) is 0 Å². The second-order valence-electron chi connectivity index (χ2n) is 3.10. The van der Waals surface area contributed by atoms with Crippen LogP contribution in [-0.4, -0.2) is 27.8 Å². The zero-order valence-corrected chi connectivity index (χ0v) is 10.2. The molecule has 0 saturated carbocycles. The highest BCUT2D eigenvalue weighted by Crippen LogP contribution is 2.30. The van der Waals surface area contributed by atoms with Crippen molar-refractivity contribution in [2.45, 2.75) is 4.90 Å². The van der Waals surface area contributed by atoms with Crippen LogP contribution in [0.3, 0.4) is 0 Å². The number of benzene rings is 1. The summed E-state index contributed by atoms with van der Waals surface area (Å²) in [6, 6.07) is 2.49. The largest absolute Gasteiger partial charge is 0.465 e. The van der Waals surface area contributed by atoms with Gasteiger partial charge in [0.15, 0.2) is 9.84 Å². The maximum Gasteiger partial charge on any atom is 0.339 e. The van der Waals surface area contributed by atoms with Crippen LogP contribution in [0.2, 0.25) is 5.02 Å². The van der Waals surface area contributed by atoms with Gasteiger partial charge >= 0.3 is 5.97 Å². The van der Waals surface area contributed by atoms with Crippen LogP contribution in [0.15, 0.2) is 17.0 Å². The van der Waals surface area contributed by atoms with Gasteiger partial charge in [0.1, 0.15) is 0 Å². The first kappa shape index (κ1) is 12.8. The van der Waals surface area contributed by atoms with Crippen LogP contribution in [0, 0.1) is 0 Å². The smallest absolute Gasteiger partial charge is 0.339 e. The Morgan fingerprint density at radius 3 is 2.44 bits per heavy atom. The van der Waals surface area contributed by atoms with Crippen molar-refractivity contribution >= 4 is 33.1 Å². The van der Waals surface area contributed by atoms with E-state index in [1.807, 2.05) is 0 Å². The number of carbonyl (C=O) groups excluding carboxylic acids is 1. The Bertz CT molecular complexity index is 539. The third kappa shape index (κ3) is 2.28. The molecule has 16 heavy (non-hydrogen) atoms. The van der Waals surface area contributed by atoms with E-state index in [9.17, 15) is 13.2 Å². The Kier molecular flexibility index (Phi) is 3.44. The molecule has 0 fully saturated rings. The number of nitrogen functional groups attached to an aromatic ring is 1. The minimum atomic E-state index is -3.47. The van der Waals surface area contributed by atoms with E-state index in [2.05, 4.69) is 4.74 Å². The summed E-state index contributed by atoms with van der Waals surface area (Å²) >= 11 is 5.79. The Hall–Kier alpha value is -1.27. The fourth-order valence-electron chi connectivity index (χ4n) is 1.17. The highest BCUT2D eigenvalue weighted by molar-refractivity contribution is 7.90. The summed E-state index contributed by atoms with van der Waals surface area (Å²) in [6.07, 6.45) is 1.01. The van der Waals surface area contributed by atoms with Gasteiger partial charge in [0.2, 0.25) is 0 Å². The summed E-state index contributed by atoms with van der Waals surface area (Å²) in [4.78, 5) is 11.1. The molecule has 0 bridgehead atoms. The number of halogens is 1. The topological polar surface area (TPSA) is 86.5 Å². The van der Waals surface area contributed by atoms with Crippen molar-refractivity contribution in [1.82, 2.24) is 0 Å². The molecule has 7 heteroatoms. The highest BCUT2D eigenvalue weighted by atomic mass is 35.5. The van der Waals surface area contributed by atoms with E-state index in [-0.39, 0.29) is 21.2 Å². The lowest BCUT2D eigenvalue weighted by atomic mass is 10.2. The van der Waals surface area contributed by atoms with Crippen molar-refractivity contribution in [1.29, 1.82) is 0 Å². The maximum atomic E-state index is 11.3. The molecule has 0 amide bonds. The predicted octanol–water partition coefficient (Wildman–Crippen LogP) is 1.11. The van der Waals surface area contributed by atoms with Crippen LogP contribution in [-0.2, 0) is 14.6 Å². The number of carbonyl (C=O) groups is 1. The summed E-state index contributed by atoms with van der Waals surface area (Å²) in [5, 5.41) is -0.116. The van der Waals surface area contributed by atoms with Crippen molar-refractivity contribution in [2.24, 2.45) is 0 Å². The van der Waals surface area contributed by atoms with Gasteiger partial charge in [-0.05, 0) is 12.1 Å². The van der Waals surface area contributed by atoms with Crippen LogP contribution >= 0.6 is 11.6 Å². The molecule has 88 valence electrons. The summed E-state index contributed by atoms with van der Waals surface area (Å²) in [6.45, 7) is 0. The molecule has 0 saturated heterocycles. The number of hydrogen-bond acceptors (Lipinski definition) is 5. The SMILES string of the molecule is COC(=O)c1ccc(S(C)(=O)=O)c(N)c1Cl. The molecule has 0 unspecified atom stereocenters. The van der Waals surface area contributed by atoms with Crippen LogP contribution in [0.4, 0.5) is 5.69 Å². The second kappa shape index (κ2) is 4.31. The van der Waals surface area contributed by atoms with Gasteiger partial charge in [0.25, 0.3) is 0 Å². The van der Waals surface area contributed by atoms with Gasteiger partial charge in [-0.1, -0.05) is 11.6 Å². The average molecular weight is 264 g/mol. The Balaban J connectivity index is 3.47. The number of anilines is 1. The molecule has 1 aromatic carbocycles. The zero-order valence-electron chi connectivity index (χ0n) is 8.65. The van der Waals surface area contributed by atoms with Crippen molar-refractivity contribution < 1.29 is 17.9 Å². The summed E-state index contributed by atoms with van der Waals surface area (Å²) in [7, 11) is -2.27. The molecule has 0 aromatic heterocycles. The van der Waals surface area contributed by atoms with Gasteiger partial charge < -0.3 is 10.5 Å². The molecule has 1 aromatic rings. The van der Waals surface area contributed by atoms with Crippen molar-refractivity contribution in [3.8, 4) is 0 Å². The number of ether oxygens (including phenoxy) is 1. The first-order valence-corrected chi connectivity index (χ1v) is 6.42. The summed E-state index contributed by atoms with van der Waals surface area (Å²) in [5.41, 5.74) is 5.43. The van der Waals surface area contributed by atoms with Gasteiger partial charge in [-0.15, -0.1) is 0 Å². The van der Waals surface area contributed by atoms with E-state index in [1.165, 1.54) is 19.2 Å². The minimum Gasteiger partial charge on any atom is -0.465 e. The molecule has 0 radical (unpaired) electrons. The fraction of sp³-hybridized carbons (Fsp3) is 0.222. The average Bonchev–Trinajstić information content (AvgIpc) is 2.19. The minimum absolute atomic E-state index is 0.0362. The molecular weight excluding hydrogens is 254 g/mol. The number of nitrogens with two attached hydrogens (primary N) is 1. The lowest BCUT2D eigenvalue weighted by Crippen LogP contribution is -2.08. The number of rotatable bonds is 2. The van der Waals surface area contributed by atoms with Gasteiger partial charge in [-0.3, -0.25) is 0 Å². The molecule has 5 nitrogen and oxygen atoms in total. The fourth-order valence-corrected chi connectivity index (χ4v) is 2.28. The van der Waals surface area contributed by atoms with Gasteiger partial charge in [0, 0.05) is 6.26 Å². The van der Waals surface area contributed by atoms with Crippen molar-refractivity contribution in [2.75, 3.05) is 19.1 Å². The third-order valence-electron chi connectivity index (χ3n) is 1.94. The standard InChI is InChI=1S/C9H10ClNO4S/c1-15-9(12)5-3-4-6(16(2,13)14)8(11)7(5)10/h3-4H,11H2,1-2H3. The van der Waals surface area contributed by atoms with E-state index in [4.69, 9.17) is 17.3 Å². The van der Waals surface area contributed by atoms with E-state index < -0.39 is 15.8 Å². The molecule has 0 aliphatic carbocycles. The van der Waals surface area contributed by atoms with Crippen LogP contribution in [0.1, 0.15) is 10.4 Å². The molecule has 2 N–H and O–H groups in total. The lowest BCUT2D eigenvalue weighted by molar-refractivity contribution is 0.0601. The highest BCUT2D eigenvalue weighted by Gasteiger charge is 2.19. The predicted molar refractivity (Wildman–Crippen MR) is 60.3 cm³/mol. The zero-order chi connectivity index (χ0) is 12.5. The number of sulfone groups is 1. The third-order valence-corrected chi connectivity index (χ3v) is 3.51. The molecule has 0 heterocycles. The molecule has 0 atom stereocenters. The van der Waals surface area contributed by atoms with Gasteiger partial charge in [-0.25, -0.2) is 13.2 Å². The lowest BCUT2D eigenvalue weighted by Gasteiger charge is -2.08. The van der Waals surface area contributed by atoms with Gasteiger partial charge in [0.05, 0.1) is 28.3 Å². The van der Waals surface area contributed by atoms with Crippen LogP contribution in [0.5, 0.6) is 0 Å². The first-order chi connectivity index (χ1) is 7.29. The Morgan fingerprint density at radius 2 is 2.00 bits per heavy atom. The van der Waals surface area contributed by atoms with Crippen molar-refractivity contribution in [3.05, 3.63) is 22.7 Å². The van der Waals surface area contributed by atoms with Crippen LogP contribution in [0.25, 0.3) is 0 Å². The maximum absolute atomic E-state index is 11.3. The van der Waals surface area contributed by atoms with E-state index in [0.29, 0.717) is 0 Å². The Morgan fingerprint density at radius 1 is 1.44 bits per heavy atom. The van der Waals surface area contributed by atoms with E-state index in [1.54, 1.807) is 0 Å². The van der Waals surface area contributed by atoms with Gasteiger partial charge in [-0.2, -0.15) is 0 Å². The van der Waals surface area contributed by atoms with Crippen LogP contribution < -0.4 is 5.73 Å². The summed E-state index contributed by atoms with van der Waals surface area (Å²) < 4.78 is 27.1. The monoisotopic (exact) mass is 263 g/mol. The molecule has 0 aliphatic heterocycles. The quantitative estimate of drug-likeness (QED) is 0.638. The normalized spacial score (nSPS) is 11.2. The molecule has 0 aliphatic rings. The molecule has 0 spiro atoms. The number of esters is 1. The van der Waals surface area contributed by atoms with E-state index >= 15 is 0 Å². The van der Waals surface area contributed by atoms with E-state index in [0.717, 1.165) is 6.26 Å². The first-order valence-electron chi connectivity index (χ1n) is 4.15. The number of methoxy groups -OCH3 is 1. The second-order valence-corrected chi connectivity index (χ2v) is 5.46. The number of hydrogen-bond donors (Lipinski definition) is 1. The summed E-state index contributed by atoms with van der Waals surface area (Å²) in [5.74, 6) is -0.670. The molecule has 1 rings (SSSR count).